The molecule has 8 nitrogen and oxygen atoms in total. The second kappa shape index (κ2) is 7.64. The largest absolute Gasteiger partial charge is 0.359 e. The maximum absolute atomic E-state index is 13.0. The molecule has 0 radical (unpaired) electrons. The van der Waals surface area contributed by atoms with Crippen LogP contribution in [0.25, 0.3) is 0 Å². The topological polar surface area (TPSA) is 108 Å². The molecule has 1 atom stereocenters. The molecule has 136 valence electrons. The number of nitrogens with one attached hydrogen (secondary N) is 3. The molecule has 9 heteroatoms. The Kier molecular flexibility index (Phi) is 5.78. The van der Waals surface area contributed by atoms with Crippen LogP contribution in [0.4, 0.5) is 0 Å². The van der Waals surface area contributed by atoms with Gasteiger partial charge in [-0.1, -0.05) is 6.07 Å². The Hall–Kier alpha value is -2.42. The van der Waals surface area contributed by atoms with Crippen LogP contribution >= 0.6 is 11.3 Å². The summed E-state index contributed by atoms with van der Waals surface area (Å²) in [6.07, 6.45) is -0.122. The Bertz CT molecular complexity index is 672. The van der Waals surface area contributed by atoms with E-state index in [4.69, 9.17) is 0 Å². The van der Waals surface area contributed by atoms with Gasteiger partial charge in [-0.15, -0.1) is 11.3 Å². The molecule has 0 bridgehead atoms. The first-order valence-electron chi connectivity index (χ1n) is 7.91. The minimum Gasteiger partial charge on any atom is -0.359 e. The van der Waals surface area contributed by atoms with Crippen molar-refractivity contribution in [3.8, 4) is 0 Å². The number of carbonyl (C=O) groups is 4. The lowest BCUT2D eigenvalue weighted by Crippen LogP contribution is -2.64. The SMILES string of the molecule is CNC(=O)CC1C(=O)NCCN1C(=O)C(C)(C)NC(=O)c1cccs1. The molecule has 2 rings (SSSR count). The zero-order chi connectivity index (χ0) is 18.6. The molecule has 1 aromatic heterocycles. The van der Waals surface area contributed by atoms with Crippen molar-refractivity contribution in [3.05, 3.63) is 22.4 Å². The summed E-state index contributed by atoms with van der Waals surface area (Å²) in [7, 11) is 1.47. The molecule has 2 heterocycles. The Morgan fingerprint density at radius 2 is 2.12 bits per heavy atom. The van der Waals surface area contributed by atoms with Gasteiger partial charge in [-0.2, -0.15) is 0 Å². The molecule has 1 aliphatic heterocycles. The second-order valence-corrected chi connectivity index (χ2v) is 7.19. The Balaban J connectivity index is 2.15. The van der Waals surface area contributed by atoms with Gasteiger partial charge in [0, 0.05) is 20.1 Å². The van der Waals surface area contributed by atoms with Gasteiger partial charge in [-0.3, -0.25) is 19.2 Å². The van der Waals surface area contributed by atoms with Gasteiger partial charge in [0.15, 0.2) is 0 Å². The van der Waals surface area contributed by atoms with Gasteiger partial charge in [0.25, 0.3) is 5.91 Å². The normalized spacial score (nSPS) is 17.6. The maximum atomic E-state index is 13.0. The molecule has 1 saturated heterocycles. The summed E-state index contributed by atoms with van der Waals surface area (Å²) in [5.74, 6) is -1.46. The Morgan fingerprint density at radius 1 is 1.40 bits per heavy atom. The van der Waals surface area contributed by atoms with Crippen molar-refractivity contribution < 1.29 is 19.2 Å². The summed E-state index contributed by atoms with van der Waals surface area (Å²) in [4.78, 5) is 50.9. The van der Waals surface area contributed by atoms with Crippen LogP contribution < -0.4 is 16.0 Å². The summed E-state index contributed by atoms with van der Waals surface area (Å²) in [6, 6.07) is 2.53. The standard InChI is InChI=1S/C16H22N4O4S/c1-16(2,19-14(23)11-5-4-8-25-11)15(24)20-7-6-18-13(22)10(20)9-12(21)17-3/h4-5,8,10H,6-7,9H2,1-3H3,(H,17,21)(H,18,22)(H,19,23). The van der Waals surface area contributed by atoms with E-state index in [2.05, 4.69) is 16.0 Å². The highest BCUT2D eigenvalue weighted by molar-refractivity contribution is 7.12. The van der Waals surface area contributed by atoms with Gasteiger partial charge in [-0.25, -0.2) is 0 Å². The van der Waals surface area contributed by atoms with Gasteiger partial charge in [0.1, 0.15) is 11.6 Å². The summed E-state index contributed by atoms with van der Waals surface area (Å²) in [5.41, 5.74) is -1.21. The molecular weight excluding hydrogens is 344 g/mol. The summed E-state index contributed by atoms with van der Waals surface area (Å²) >= 11 is 1.28. The molecule has 3 N–H and O–H groups in total. The lowest BCUT2D eigenvalue weighted by molar-refractivity contribution is -0.148. The number of thiophene rings is 1. The van der Waals surface area contributed by atoms with Crippen molar-refractivity contribution in [2.45, 2.75) is 31.8 Å². The van der Waals surface area contributed by atoms with E-state index in [0.29, 0.717) is 11.4 Å². The molecule has 1 aliphatic rings. The molecule has 0 saturated carbocycles. The predicted molar refractivity (Wildman–Crippen MR) is 93.1 cm³/mol. The molecule has 1 unspecified atom stereocenters. The molecule has 25 heavy (non-hydrogen) atoms. The van der Waals surface area contributed by atoms with Gasteiger partial charge >= 0.3 is 0 Å². The number of amides is 4. The molecule has 1 fully saturated rings. The van der Waals surface area contributed by atoms with Crippen LogP contribution in [0.5, 0.6) is 0 Å². The van der Waals surface area contributed by atoms with Crippen LogP contribution in [-0.2, 0) is 14.4 Å². The van der Waals surface area contributed by atoms with E-state index in [-0.39, 0.29) is 30.7 Å². The fourth-order valence-corrected chi connectivity index (χ4v) is 3.22. The molecule has 0 spiro atoms. The zero-order valence-electron chi connectivity index (χ0n) is 14.4. The number of hydrogen-bond donors (Lipinski definition) is 3. The van der Waals surface area contributed by atoms with Crippen LogP contribution in [0, 0.1) is 0 Å². The monoisotopic (exact) mass is 366 g/mol. The molecular formula is C16H22N4O4S. The van der Waals surface area contributed by atoms with E-state index in [1.165, 1.54) is 23.3 Å². The minimum absolute atomic E-state index is 0.122. The number of hydrogen-bond acceptors (Lipinski definition) is 5. The van der Waals surface area contributed by atoms with Crippen LogP contribution in [0.3, 0.4) is 0 Å². The summed E-state index contributed by atoms with van der Waals surface area (Å²) < 4.78 is 0. The van der Waals surface area contributed by atoms with Gasteiger partial charge in [-0.05, 0) is 25.3 Å². The lowest BCUT2D eigenvalue weighted by atomic mass is 9.99. The second-order valence-electron chi connectivity index (χ2n) is 6.24. The molecule has 0 aromatic carbocycles. The van der Waals surface area contributed by atoms with Gasteiger partial charge in [0.05, 0.1) is 11.3 Å². The van der Waals surface area contributed by atoms with E-state index in [9.17, 15) is 19.2 Å². The van der Waals surface area contributed by atoms with Gasteiger partial charge in [0.2, 0.25) is 17.7 Å². The fourth-order valence-electron chi connectivity index (χ4n) is 2.60. The first-order chi connectivity index (χ1) is 11.8. The quantitative estimate of drug-likeness (QED) is 0.666. The highest BCUT2D eigenvalue weighted by atomic mass is 32.1. The first-order valence-corrected chi connectivity index (χ1v) is 8.79. The van der Waals surface area contributed by atoms with Crippen LogP contribution in [0.15, 0.2) is 17.5 Å². The van der Waals surface area contributed by atoms with Crippen molar-refractivity contribution >= 4 is 35.0 Å². The Morgan fingerprint density at radius 3 is 2.72 bits per heavy atom. The van der Waals surface area contributed by atoms with Crippen molar-refractivity contribution in [3.63, 3.8) is 0 Å². The van der Waals surface area contributed by atoms with E-state index >= 15 is 0 Å². The van der Waals surface area contributed by atoms with Crippen molar-refractivity contribution in [1.29, 1.82) is 0 Å². The van der Waals surface area contributed by atoms with Crippen molar-refractivity contribution in [2.75, 3.05) is 20.1 Å². The van der Waals surface area contributed by atoms with Gasteiger partial charge < -0.3 is 20.9 Å². The van der Waals surface area contributed by atoms with E-state index in [0.717, 1.165) is 0 Å². The third-order valence-electron chi connectivity index (χ3n) is 3.95. The third-order valence-corrected chi connectivity index (χ3v) is 4.82. The van der Waals surface area contributed by atoms with Crippen LogP contribution in [-0.4, -0.2) is 60.2 Å². The number of rotatable bonds is 5. The highest BCUT2D eigenvalue weighted by Crippen LogP contribution is 2.17. The van der Waals surface area contributed by atoms with E-state index in [1.807, 2.05) is 0 Å². The maximum Gasteiger partial charge on any atom is 0.262 e. The number of piperazine rings is 1. The predicted octanol–water partition coefficient (Wildman–Crippen LogP) is -0.280. The first kappa shape index (κ1) is 18.9. The molecule has 4 amide bonds. The smallest absolute Gasteiger partial charge is 0.262 e. The highest BCUT2D eigenvalue weighted by Gasteiger charge is 2.41. The average molecular weight is 366 g/mol. The van der Waals surface area contributed by atoms with E-state index in [1.54, 1.807) is 31.4 Å². The molecule has 1 aromatic rings. The zero-order valence-corrected chi connectivity index (χ0v) is 15.2. The number of nitrogens with zero attached hydrogens (tertiary/aromatic N) is 1. The van der Waals surface area contributed by atoms with Crippen LogP contribution in [0.2, 0.25) is 0 Å². The van der Waals surface area contributed by atoms with Crippen LogP contribution in [0.1, 0.15) is 29.9 Å². The number of carbonyl (C=O) groups excluding carboxylic acids is 4. The van der Waals surface area contributed by atoms with Crippen molar-refractivity contribution in [2.24, 2.45) is 0 Å². The average Bonchev–Trinajstić information content (AvgIpc) is 3.10. The van der Waals surface area contributed by atoms with E-state index < -0.39 is 17.5 Å². The summed E-state index contributed by atoms with van der Waals surface area (Å²) in [5, 5.41) is 9.60. The Labute approximate surface area is 150 Å². The van der Waals surface area contributed by atoms with Crippen molar-refractivity contribution in [1.82, 2.24) is 20.9 Å². The fraction of sp³-hybridized carbons (Fsp3) is 0.500. The summed E-state index contributed by atoms with van der Waals surface area (Å²) in [6.45, 7) is 3.77. The lowest BCUT2D eigenvalue weighted by Gasteiger charge is -2.39. The molecule has 0 aliphatic carbocycles. The third kappa shape index (κ3) is 4.36. The minimum atomic E-state index is -1.21.